The Kier molecular flexibility index (Phi) is 4.90. The van der Waals surface area contributed by atoms with Crippen LogP contribution in [-0.4, -0.2) is 48.1 Å². The minimum absolute atomic E-state index is 0.000478. The highest BCUT2D eigenvalue weighted by atomic mass is 35.5. The summed E-state index contributed by atoms with van der Waals surface area (Å²) in [6, 6.07) is 4.33. The Labute approximate surface area is 127 Å². The number of aliphatic carboxylic acids is 1. The van der Waals surface area contributed by atoms with Gasteiger partial charge in [0.1, 0.15) is 11.8 Å². The number of carboxylic acid groups (broad SMARTS) is 1. The molecule has 2 N–H and O–H groups in total. The second kappa shape index (κ2) is 6.67. The maximum absolute atomic E-state index is 12.1. The van der Waals surface area contributed by atoms with Gasteiger partial charge in [0, 0.05) is 11.6 Å². The number of anilines is 1. The van der Waals surface area contributed by atoms with Crippen LogP contribution in [0.2, 0.25) is 5.02 Å². The largest absolute Gasteiger partial charge is 0.495 e. The maximum atomic E-state index is 12.1. The lowest BCUT2D eigenvalue weighted by Gasteiger charge is -2.22. The number of amides is 1. The van der Waals surface area contributed by atoms with Crippen molar-refractivity contribution in [2.24, 2.45) is 0 Å². The third-order valence-electron chi connectivity index (χ3n) is 3.45. The molecule has 0 saturated carbocycles. The quantitative estimate of drug-likeness (QED) is 0.867. The van der Waals surface area contributed by atoms with Crippen LogP contribution in [-0.2, 0) is 9.59 Å². The predicted octanol–water partition coefficient (Wildman–Crippen LogP) is 1.84. The predicted molar refractivity (Wildman–Crippen MR) is 78.9 cm³/mol. The monoisotopic (exact) mass is 312 g/mol. The summed E-state index contributed by atoms with van der Waals surface area (Å²) in [5.74, 6) is -0.633. The molecule has 2 rings (SSSR count). The van der Waals surface area contributed by atoms with E-state index in [4.69, 9.17) is 21.4 Å². The number of nitrogens with one attached hydrogen (secondary N) is 1. The Morgan fingerprint density at radius 3 is 2.95 bits per heavy atom. The molecule has 1 aromatic carbocycles. The molecule has 114 valence electrons. The zero-order valence-electron chi connectivity index (χ0n) is 11.6. The second-order valence-electron chi connectivity index (χ2n) is 4.78. The van der Waals surface area contributed by atoms with Gasteiger partial charge in [-0.25, -0.2) is 4.79 Å². The number of halogens is 1. The summed E-state index contributed by atoms with van der Waals surface area (Å²) in [6.45, 7) is 0.477. The summed E-state index contributed by atoms with van der Waals surface area (Å²) < 4.78 is 5.18. The first kappa shape index (κ1) is 15.4. The Bertz CT molecular complexity index is 550. The van der Waals surface area contributed by atoms with Gasteiger partial charge >= 0.3 is 5.97 Å². The molecule has 1 atom stereocenters. The first-order chi connectivity index (χ1) is 10.0. The third kappa shape index (κ3) is 3.58. The van der Waals surface area contributed by atoms with E-state index in [1.807, 2.05) is 0 Å². The Hall–Kier alpha value is -1.95. The lowest BCUT2D eigenvalue weighted by atomic mass is 10.2. The van der Waals surface area contributed by atoms with Gasteiger partial charge in [-0.1, -0.05) is 11.6 Å². The SMILES string of the molecule is COc1ccc(Cl)cc1NCC(=O)N1CCC[C@@H]1C(=O)O. The van der Waals surface area contributed by atoms with E-state index in [2.05, 4.69) is 5.32 Å². The fraction of sp³-hybridized carbons (Fsp3) is 0.429. The smallest absolute Gasteiger partial charge is 0.326 e. The molecule has 0 unspecified atom stereocenters. The number of nitrogens with zero attached hydrogens (tertiary/aromatic N) is 1. The van der Waals surface area contributed by atoms with E-state index >= 15 is 0 Å². The number of methoxy groups -OCH3 is 1. The first-order valence-electron chi connectivity index (χ1n) is 6.62. The number of hydrogen-bond acceptors (Lipinski definition) is 4. The van der Waals surface area contributed by atoms with Gasteiger partial charge in [0.2, 0.25) is 5.91 Å². The highest BCUT2D eigenvalue weighted by Crippen LogP contribution is 2.27. The lowest BCUT2D eigenvalue weighted by molar-refractivity contribution is -0.147. The summed E-state index contributed by atoms with van der Waals surface area (Å²) in [5, 5.41) is 12.6. The first-order valence-corrected chi connectivity index (χ1v) is 7.00. The maximum Gasteiger partial charge on any atom is 0.326 e. The van der Waals surface area contributed by atoms with Gasteiger partial charge in [-0.05, 0) is 31.0 Å². The van der Waals surface area contributed by atoms with Crippen LogP contribution in [0.1, 0.15) is 12.8 Å². The van der Waals surface area contributed by atoms with Crippen molar-refractivity contribution in [1.29, 1.82) is 0 Å². The van der Waals surface area contributed by atoms with Gasteiger partial charge in [0.25, 0.3) is 0 Å². The third-order valence-corrected chi connectivity index (χ3v) is 3.68. The van der Waals surface area contributed by atoms with E-state index in [0.29, 0.717) is 35.8 Å². The van der Waals surface area contributed by atoms with Crippen LogP contribution in [0.25, 0.3) is 0 Å². The molecule has 1 saturated heterocycles. The van der Waals surface area contributed by atoms with Gasteiger partial charge in [-0.15, -0.1) is 0 Å². The normalized spacial score (nSPS) is 17.6. The van der Waals surface area contributed by atoms with Gasteiger partial charge in [-0.2, -0.15) is 0 Å². The van der Waals surface area contributed by atoms with E-state index in [-0.39, 0.29) is 12.5 Å². The average Bonchev–Trinajstić information content (AvgIpc) is 2.94. The average molecular weight is 313 g/mol. The number of rotatable bonds is 5. The number of ether oxygens (including phenoxy) is 1. The number of carbonyl (C=O) groups is 2. The summed E-state index contributed by atoms with van der Waals surface area (Å²) in [5.41, 5.74) is 0.601. The molecule has 0 bridgehead atoms. The zero-order valence-corrected chi connectivity index (χ0v) is 12.4. The molecule has 1 heterocycles. The number of carboxylic acids is 1. The fourth-order valence-electron chi connectivity index (χ4n) is 2.41. The number of carbonyl (C=O) groups excluding carboxylic acids is 1. The van der Waals surface area contributed by atoms with Crippen molar-refractivity contribution in [2.75, 3.05) is 25.5 Å². The van der Waals surface area contributed by atoms with Crippen molar-refractivity contribution < 1.29 is 19.4 Å². The van der Waals surface area contributed by atoms with Crippen molar-refractivity contribution in [1.82, 2.24) is 4.90 Å². The number of hydrogen-bond donors (Lipinski definition) is 2. The molecule has 1 aliphatic heterocycles. The van der Waals surface area contributed by atoms with Crippen LogP contribution in [0.4, 0.5) is 5.69 Å². The Morgan fingerprint density at radius 1 is 1.52 bits per heavy atom. The second-order valence-corrected chi connectivity index (χ2v) is 5.22. The molecule has 0 aromatic heterocycles. The molecule has 7 heteroatoms. The molecule has 1 aromatic rings. The van der Waals surface area contributed by atoms with Crippen molar-refractivity contribution in [3.8, 4) is 5.75 Å². The van der Waals surface area contributed by atoms with E-state index in [1.54, 1.807) is 18.2 Å². The molecule has 0 aliphatic carbocycles. The van der Waals surface area contributed by atoms with E-state index in [0.717, 1.165) is 0 Å². The molecular formula is C14H17ClN2O4. The van der Waals surface area contributed by atoms with E-state index < -0.39 is 12.0 Å². The van der Waals surface area contributed by atoms with Crippen LogP contribution in [0.5, 0.6) is 5.75 Å². The minimum atomic E-state index is -0.957. The Morgan fingerprint density at radius 2 is 2.29 bits per heavy atom. The van der Waals surface area contributed by atoms with Crippen LogP contribution in [0, 0.1) is 0 Å². The van der Waals surface area contributed by atoms with E-state index in [9.17, 15) is 9.59 Å². The highest BCUT2D eigenvalue weighted by Gasteiger charge is 2.33. The van der Waals surface area contributed by atoms with Gasteiger partial charge in [0.15, 0.2) is 0 Å². The summed E-state index contributed by atoms with van der Waals surface area (Å²) in [6.07, 6.45) is 1.21. The molecule has 0 radical (unpaired) electrons. The number of benzene rings is 1. The fourth-order valence-corrected chi connectivity index (χ4v) is 2.58. The zero-order chi connectivity index (χ0) is 15.4. The van der Waals surface area contributed by atoms with Crippen LogP contribution in [0.15, 0.2) is 18.2 Å². The van der Waals surface area contributed by atoms with Gasteiger partial charge in [-0.3, -0.25) is 4.79 Å². The number of likely N-dealkylation sites (tertiary alicyclic amines) is 1. The molecule has 21 heavy (non-hydrogen) atoms. The van der Waals surface area contributed by atoms with Crippen molar-refractivity contribution in [2.45, 2.75) is 18.9 Å². The van der Waals surface area contributed by atoms with Crippen LogP contribution in [0.3, 0.4) is 0 Å². The van der Waals surface area contributed by atoms with Crippen LogP contribution >= 0.6 is 11.6 Å². The summed E-state index contributed by atoms with van der Waals surface area (Å²) in [7, 11) is 1.52. The minimum Gasteiger partial charge on any atom is -0.495 e. The molecule has 1 amide bonds. The molecule has 1 aliphatic rings. The van der Waals surface area contributed by atoms with E-state index in [1.165, 1.54) is 12.0 Å². The summed E-state index contributed by atoms with van der Waals surface area (Å²) in [4.78, 5) is 24.6. The van der Waals surface area contributed by atoms with Crippen molar-refractivity contribution >= 4 is 29.2 Å². The molecule has 6 nitrogen and oxygen atoms in total. The van der Waals surface area contributed by atoms with Gasteiger partial charge in [0.05, 0.1) is 19.3 Å². The Balaban J connectivity index is 2.01. The standard InChI is InChI=1S/C14H17ClN2O4/c1-21-12-5-4-9(15)7-10(12)16-8-13(18)17-6-2-3-11(17)14(19)20/h4-5,7,11,16H,2-3,6,8H2,1H3,(H,19,20)/t11-/m1/s1. The van der Waals surface area contributed by atoms with Crippen molar-refractivity contribution in [3.63, 3.8) is 0 Å². The van der Waals surface area contributed by atoms with Gasteiger partial charge < -0.3 is 20.1 Å². The van der Waals surface area contributed by atoms with Crippen molar-refractivity contribution in [3.05, 3.63) is 23.2 Å². The topological polar surface area (TPSA) is 78.9 Å². The van der Waals surface area contributed by atoms with Crippen LogP contribution < -0.4 is 10.1 Å². The molecular weight excluding hydrogens is 296 g/mol. The highest BCUT2D eigenvalue weighted by molar-refractivity contribution is 6.30. The molecule has 0 spiro atoms. The summed E-state index contributed by atoms with van der Waals surface area (Å²) >= 11 is 5.91. The molecule has 1 fully saturated rings. The lowest BCUT2D eigenvalue weighted by Crippen LogP contribution is -2.43.